The zero-order valence-electron chi connectivity index (χ0n) is 9.21. The summed E-state index contributed by atoms with van der Waals surface area (Å²) in [6.07, 6.45) is -1.24. The zero-order chi connectivity index (χ0) is 13.2. The predicted octanol–water partition coefficient (Wildman–Crippen LogP) is 3.39. The van der Waals surface area contributed by atoms with Crippen molar-refractivity contribution >= 4 is 0 Å². The summed E-state index contributed by atoms with van der Waals surface area (Å²) >= 11 is 0. The Morgan fingerprint density at radius 3 is 2.39 bits per heavy atom. The molecule has 0 saturated heterocycles. The van der Waals surface area contributed by atoms with Gasteiger partial charge in [0.1, 0.15) is 5.82 Å². The third-order valence-corrected chi connectivity index (χ3v) is 2.41. The van der Waals surface area contributed by atoms with Gasteiger partial charge in [0.2, 0.25) is 0 Å². The number of nitrogens with zero attached hydrogens (tertiary/aromatic N) is 1. The molecule has 0 amide bonds. The van der Waals surface area contributed by atoms with Crippen LogP contribution in [0.15, 0.2) is 42.7 Å². The molecule has 0 bridgehead atoms. The number of alkyl halides is 3. The quantitative estimate of drug-likeness (QED) is 0.835. The van der Waals surface area contributed by atoms with Crippen molar-refractivity contribution < 1.29 is 17.6 Å². The zero-order valence-corrected chi connectivity index (χ0v) is 9.21. The maximum atomic E-state index is 13.0. The van der Waals surface area contributed by atoms with Crippen LogP contribution in [-0.4, -0.2) is 4.68 Å². The Bertz CT molecular complexity index is 517. The second kappa shape index (κ2) is 4.72. The fourth-order valence-electron chi connectivity index (χ4n) is 1.52. The molecular weight excluding hydrogens is 248 g/mol. The first-order valence-corrected chi connectivity index (χ1v) is 5.19. The third kappa shape index (κ3) is 2.82. The van der Waals surface area contributed by atoms with Crippen LogP contribution in [0.3, 0.4) is 0 Å². The summed E-state index contributed by atoms with van der Waals surface area (Å²) in [5.74, 6) is -1.26. The van der Waals surface area contributed by atoms with Gasteiger partial charge >= 0.3 is 6.18 Å². The van der Waals surface area contributed by atoms with Crippen LogP contribution in [0.5, 0.6) is 0 Å². The molecule has 0 unspecified atom stereocenters. The molecule has 1 heterocycles. The Kier molecular flexibility index (Phi) is 3.27. The highest BCUT2D eigenvalue weighted by Crippen LogP contribution is 2.31. The molecule has 0 fully saturated rings. The van der Waals surface area contributed by atoms with Crippen molar-refractivity contribution in [2.75, 3.05) is 5.43 Å². The Balaban J connectivity index is 2.15. The first-order valence-electron chi connectivity index (χ1n) is 5.19. The van der Waals surface area contributed by atoms with Crippen molar-refractivity contribution in [2.24, 2.45) is 0 Å². The van der Waals surface area contributed by atoms with E-state index in [4.69, 9.17) is 0 Å². The lowest BCUT2D eigenvalue weighted by molar-refractivity contribution is -0.140. The monoisotopic (exact) mass is 258 g/mol. The molecule has 0 aliphatic carbocycles. The molecule has 1 N–H and O–H groups in total. The Morgan fingerprint density at radius 2 is 1.78 bits per heavy atom. The predicted molar refractivity (Wildman–Crippen MR) is 58.9 cm³/mol. The van der Waals surface area contributed by atoms with E-state index < -0.39 is 17.6 Å². The smallest absolute Gasteiger partial charge is 0.322 e. The lowest BCUT2D eigenvalue weighted by Crippen LogP contribution is -2.14. The van der Waals surface area contributed by atoms with Crippen LogP contribution < -0.4 is 5.43 Å². The third-order valence-electron chi connectivity index (χ3n) is 2.41. The van der Waals surface area contributed by atoms with Gasteiger partial charge in [-0.2, -0.15) is 13.2 Å². The van der Waals surface area contributed by atoms with Crippen LogP contribution in [0.4, 0.5) is 17.6 Å². The van der Waals surface area contributed by atoms with E-state index in [0.29, 0.717) is 5.56 Å². The molecule has 2 rings (SSSR count). The van der Waals surface area contributed by atoms with Crippen LogP contribution in [0.25, 0.3) is 0 Å². The summed E-state index contributed by atoms with van der Waals surface area (Å²) in [5.41, 5.74) is 1.98. The molecular formula is C12H10F4N2. The second-order valence-electron chi connectivity index (χ2n) is 3.74. The van der Waals surface area contributed by atoms with E-state index >= 15 is 0 Å². The molecule has 0 aliphatic rings. The van der Waals surface area contributed by atoms with Gasteiger partial charge in [-0.25, -0.2) is 4.39 Å². The molecule has 2 nitrogen and oxygen atoms in total. The highest BCUT2D eigenvalue weighted by Gasteiger charge is 2.34. The van der Waals surface area contributed by atoms with Gasteiger partial charge in [-0.1, -0.05) is 6.07 Å². The fourth-order valence-corrected chi connectivity index (χ4v) is 1.52. The van der Waals surface area contributed by atoms with Gasteiger partial charge in [0.15, 0.2) is 0 Å². The molecule has 2 aromatic rings. The van der Waals surface area contributed by atoms with Crippen molar-refractivity contribution in [1.82, 2.24) is 4.68 Å². The molecule has 0 spiro atoms. The average Bonchev–Trinajstić information content (AvgIpc) is 2.79. The standard InChI is InChI=1S/C12H10F4N2/c13-11-4-3-9(7-10(11)12(14,15)16)8-17-18-5-1-2-6-18/h1-7,17H,8H2. The van der Waals surface area contributed by atoms with E-state index in [2.05, 4.69) is 5.43 Å². The minimum atomic E-state index is -4.67. The minimum absolute atomic E-state index is 0.179. The van der Waals surface area contributed by atoms with Crippen LogP contribution in [-0.2, 0) is 12.7 Å². The summed E-state index contributed by atoms with van der Waals surface area (Å²) in [4.78, 5) is 0. The maximum Gasteiger partial charge on any atom is 0.419 e. The molecule has 18 heavy (non-hydrogen) atoms. The van der Waals surface area contributed by atoms with Crippen molar-refractivity contribution in [3.63, 3.8) is 0 Å². The summed E-state index contributed by atoms with van der Waals surface area (Å²) in [6.45, 7) is 0.179. The number of hydrogen-bond donors (Lipinski definition) is 1. The fraction of sp³-hybridized carbons (Fsp3) is 0.167. The van der Waals surface area contributed by atoms with Gasteiger partial charge in [-0.15, -0.1) is 0 Å². The van der Waals surface area contributed by atoms with Gasteiger partial charge in [0, 0.05) is 12.4 Å². The summed E-state index contributed by atoms with van der Waals surface area (Å²) in [6, 6.07) is 6.51. The molecule has 1 aromatic heterocycles. The highest BCUT2D eigenvalue weighted by molar-refractivity contribution is 5.28. The molecule has 6 heteroatoms. The summed E-state index contributed by atoms with van der Waals surface area (Å²) in [7, 11) is 0. The summed E-state index contributed by atoms with van der Waals surface area (Å²) < 4.78 is 52.1. The lowest BCUT2D eigenvalue weighted by atomic mass is 10.1. The van der Waals surface area contributed by atoms with Crippen LogP contribution in [0.2, 0.25) is 0 Å². The maximum absolute atomic E-state index is 13.0. The normalized spacial score (nSPS) is 11.6. The molecule has 0 atom stereocenters. The van der Waals surface area contributed by atoms with Crippen LogP contribution in [0.1, 0.15) is 11.1 Å². The van der Waals surface area contributed by atoms with Gasteiger partial charge in [-0.3, -0.25) is 4.68 Å². The Labute approximate surface area is 101 Å². The van der Waals surface area contributed by atoms with E-state index in [-0.39, 0.29) is 6.54 Å². The van der Waals surface area contributed by atoms with E-state index in [1.807, 2.05) is 0 Å². The van der Waals surface area contributed by atoms with Crippen molar-refractivity contribution in [2.45, 2.75) is 12.7 Å². The van der Waals surface area contributed by atoms with Crippen LogP contribution >= 0.6 is 0 Å². The number of aromatic nitrogens is 1. The first kappa shape index (κ1) is 12.5. The van der Waals surface area contributed by atoms with Crippen molar-refractivity contribution in [3.05, 3.63) is 59.7 Å². The number of benzene rings is 1. The van der Waals surface area contributed by atoms with E-state index in [0.717, 1.165) is 12.1 Å². The molecule has 0 radical (unpaired) electrons. The highest BCUT2D eigenvalue weighted by atomic mass is 19.4. The van der Waals surface area contributed by atoms with Gasteiger partial charge in [0.25, 0.3) is 0 Å². The van der Waals surface area contributed by atoms with E-state index in [1.165, 1.54) is 6.07 Å². The van der Waals surface area contributed by atoms with Crippen molar-refractivity contribution in [1.29, 1.82) is 0 Å². The molecule has 0 aliphatic heterocycles. The van der Waals surface area contributed by atoms with E-state index in [1.54, 1.807) is 29.2 Å². The largest absolute Gasteiger partial charge is 0.419 e. The SMILES string of the molecule is Fc1ccc(CNn2cccc2)cc1C(F)(F)F. The summed E-state index contributed by atoms with van der Waals surface area (Å²) in [5, 5.41) is 0. The molecule has 96 valence electrons. The average molecular weight is 258 g/mol. The number of hydrogen-bond acceptors (Lipinski definition) is 1. The number of halogens is 4. The molecule has 0 saturated carbocycles. The van der Waals surface area contributed by atoms with Gasteiger partial charge < -0.3 is 5.43 Å². The van der Waals surface area contributed by atoms with Gasteiger partial charge in [0.05, 0.1) is 12.1 Å². The first-order chi connectivity index (χ1) is 8.47. The Hall–Kier alpha value is -1.98. The van der Waals surface area contributed by atoms with Crippen molar-refractivity contribution in [3.8, 4) is 0 Å². The topological polar surface area (TPSA) is 17.0 Å². The second-order valence-corrected chi connectivity index (χ2v) is 3.74. The van der Waals surface area contributed by atoms with Gasteiger partial charge in [-0.05, 0) is 29.8 Å². The minimum Gasteiger partial charge on any atom is -0.322 e. The molecule has 1 aromatic carbocycles. The lowest BCUT2D eigenvalue weighted by Gasteiger charge is -2.11. The Morgan fingerprint density at radius 1 is 1.11 bits per heavy atom. The number of rotatable bonds is 3. The number of nitrogens with one attached hydrogen (secondary N) is 1. The van der Waals surface area contributed by atoms with E-state index in [9.17, 15) is 17.6 Å². The van der Waals surface area contributed by atoms with Crippen LogP contribution in [0, 0.1) is 5.82 Å².